The first kappa shape index (κ1) is 58.8. The predicted molar refractivity (Wildman–Crippen MR) is 254 cm³/mol. The zero-order chi connectivity index (χ0) is 44.0. The third-order valence-electron chi connectivity index (χ3n) is 12.0. The Morgan fingerprint density at radius 1 is 0.417 bits per heavy atom. The molecule has 0 spiro atoms. The van der Waals surface area contributed by atoms with Crippen molar-refractivity contribution in [2.45, 2.75) is 246 Å². The van der Waals surface area contributed by atoms with E-state index >= 15 is 0 Å². The topological polar surface area (TPSA) is 83.5 Å². The van der Waals surface area contributed by atoms with Crippen molar-refractivity contribution in [2.24, 2.45) is 11.8 Å². The Balaban J connectivity index is 4.95. The van der Waals surface area contributed by atoms with Crippen LogP contribution in [0.5, 0.6) is 0 Å². The molecule has 0 aromatic rings. The van der Waals surface area contributed by atoms with Crippen LogP contribution in [0.4, 0.5) is 0 Å². The second-order valence-electron chi connectivity index (χ2n) is 18.1. The van der Waals surface area contributed by atoms with Crippen molar-refractivity contribution in [3.8, 4) is 0 Å². The zero-order valence-corrected chi connectivity index (χ0v) is 41.0. The summed E-state index contributed by atoms with van der Waals surface area (Å²) in [6, 6.07) is 0. The van der Waals surface area contributed by atoms with Gasteiger partial charge in [-0.15, -0.1) is 0 Å². The summed E-state index contributed by atoms with van der Waals surface area (Å²) in [6.45, 7) is 16.1. The van der Waals surface area contributed by atoms with Crippen LogP contribution in [0.25, 0.3) is 0 Å². The van der Waals surface area contributed by atoms with Crippen LogP contribution < -0.4 is 0 Å². The molecule has 0 aliphatic carbocycles. The molecule has 0 radical (unpaired) electrons. The summed E-state index contributed by atoms with van der Waals surface area (Å²) in [7, 11) is 2.06. The van der Waals surface area contributed by atoms with Gasteiger partial charge in [-0.1, -0.05) is 195 Å². The highest BCUT2D eigenvalue weighted by atomic mass is 16.6. The van der Waals surface area contributed by atoms with Crippen LogP contribution in [0.15, 0.2) is 0 Å². The van der Waals surface area contributed by atoms with E-state index in [1.54, 1.807) is 0 Å². The lowest BCUT2D eigenvalue weighted by Crippen LogP contribution is -2.36. The number of nitrogens with zero attached hydrogens (tertiary/aromatic N) is 1. The van der Waals surface area contributed by atoms with E-state index in [-0.39, 0.29) is 37.5 Å². The summed E-state index contributed by atoms with van der Waals surface area (Å²) >= 11 is 0. The average Bonchev–Trinajstić information content (AvgIpc) is 3.24. The maximum Gasteiger partial charge on any atom is 0.308 e. The number of unbranched alkanes of at least 4 members (excludes halogenated alkanes) is 21. The van der Waals surface area contributed by atoms with Crippen LogP contribution in [-0.4, -0.2) is 89.3 Å². The lowest BCUT2D eigenvalue weighted by Gasteiger charge is -2.24. The smallest absolute Gasteiger partial charge is 0.308 e. The number of carbonyl (C=O) groups is 2. The Hall–Kier alpha value is -1.22. The summed E-state index contributed by atoms with van der Waals surface area (Å²) in [5.41, 5.74) is 0. The van der Waals surface area contributed by atoms with Gasteiger partial charge in [0, 0.05) is 19.7 Å². The summed E-state index contributed by atoms with van der Waals surface area (Å²) in [4.78, 5) is 28.0. The first-order valence-corrected chi connectivity index (χ1v) is 26.2. The molecule has 8 nitrogen and oxygen atoms in total. The van der Waals surface area contributed by atoms with Crippen LogP contribution in [0.2, 0.25) is 0 Å². The molecular formula is C52H103NO7. The van der Waals surface area contributed by atoms with Crippen LogP contribution >= 0.6 is 0 Å². The monoisotopic (exact) mass is 854 g/mol. The molecule has 0 saturated heterocycles. The number of likely N-dealkylation sites (N-methyl/N-ethyl adjacent to an activating group) is 1. The van der Waals surface area contributed by atoms with E-state index in [4.69, 9.17) is 23.7 Å². The van der Waals surface area contributed by atoms with Crippen molar-refractivity contribution in [1.29, 1.82) is 0 Å². The second-order valence-corrected chi connectivity index (χ2v) is 18.1. The molecule has 0 saturated carbocycles. The number of esters is 2. The highest BCUT2D eigenvalue weighted by Gasteiger charge is 2.17. The van der Waals surface area contributed by atoms with E-state index in [9.17, 15) is 9.59 Å². The molecule has 0 aromatic carbocycles. The van der Waals surface area contributed by atoms with Gasteiger partial charge in [0.25, 0.3) is 0 Å². The number of ether oxygens (including phenoxy) is 5. The van der Waals surface area contributed by atoms with Crippen molar-refractivity contribution in [3.05, 3.63) is 0 Å². The molecule has 358 valence electrons. The number of hydrogen-bond donors (Lipinski definition) is 0. The minimum atomic E-state index is -0.235. The van der Waals surface area contributed by atoms with Crippen LogP contribution in [0.3, 0.4) is 0 Å². The van der Waals surface area contributed by atoms with Gasteiger partial charge in [0.15, 0.2) is 0 Å². The molecule has 0 N–H and O–H groups in total. The largest absolute Gasteiger partial charge is 0.465 e. The zero-order valence-electron chi connectivity index (χ0n) is 41.0. The summed E-state index contributed by atoms with van der Waals surface area (Å²) < 4.78 is 29.8. The number of carbonyl (C=O) groups excluding carboxylic acids is 2. The normalized spacial score (nSPS) is 12.3. The molecule has 0 heterocycles. The van der Waals surface area contributed by atoms with Gasteiger partial charge < -0.3 is 28.6 Å². The lowest BCUT2D eigenvalue weighted by molar-refractivity contribution is -0.149. The SMILES string of the molecule is CCCCCCCCC(CCCCCCCC)COC(=O)CCOCC(CN(C)CCOCCCC)OCCC(=O)OCC(CCCCCCCC)CCCCCCCC. The molecule has 0 aromatic heterocycles. The molecule has 60 heavy (non-hydrogen) atoms. The quantitative estimate of drug-likeness (QED) is 0.0442. The van der Waals surface area contributed by atoms with E-state index in [1.807, 2.05) is 0 Å². The number of hydrogen-bond acceptors (Lipinski definition) is 8. The van der Waals surface area contributed by atoms with Crippen molar-refractivity contribution in [3.63, 3.8) is 0 Å². The average molecular weight is 854 g/mol. The molecular weight excluding hydrogens is 751 g/mol. The Morgan fingerprint density at radius 3 is 1.22 bits per heavy atom. The van der Waals surface area contributed by atoms with E-state index in [0.717, 1.165) is 51.7 Å². The fraction of sp³-hybridized carbons (Fsp3) is 0.962. The van der Waals surface area contributed by atoms with E-state index < -0.39 is 0 Å². The summed E-state index contributed by atoms with van der Waals surface area (Å²) in [6.07, 6.45) is 37.9. The minimum absolute atomic E-state index is 0.182. The van der Waals surface area contributed by atoms with Gasteiger partial charge in [-0.2, -0.15) is 0 Å². The molecule has 0 fully saturated rings. The molecule has 0 aliphatic heterocycles. The molecule has 8 heteroatoms. The van der Waals surface area contributed by atoms with Crippen molar-refractivity contribution >= 4 is 11.9 Å². The second kappa shape index (κ2) is 47.3. The van der Waals surface area contributed by atoms with E-state index in [2.05, 4.69) is 46.6 Å². The van der Waals surface area contributed by atoms with Crippen LogP contribution in [0.1, 0.15) is 240 Å². The van der Waals surface area contributed by atoms with Gasteiger partial charge >= 0.3 is 11.9 Å². The molecule has 0 amide bonds. The van der Waals surface area contributed by atoms with Crippen LogP contribution in [-0.2, 0) is 33.3 Å². The fourth-order valence-electron chi connectivity index (χ4n) is 7.88. The minimum Gasteiger partial charge on any atom is -0.465 e. The Kier molecular flexibility index (Phi) is 46.3. The van der Waals surface area contributed by atoms with E-state index in [1.165, 1.54) is 154 Å². The lowest BCUT2D eigenvalue weighted by atomic mass is 9.95. The van der Waals surface area contributed by atoms with Crippen molar-refractivity contribution < 1.29 is 33.3 Å². The number of rotatable bonds is 49. The summed E-state index contributed by atoms with van der Waals surface area (Å²) in [5, 5.41) is 0. The fourth-order valence-corrected chi connectivity index (χ4v) is 7.88. The predicted octanol–water partition coefficient (Wildman–Crippen LogP) is 14.2. The molecule has 0 rings (SSSR count). The third kappa shape index (κ3) is 42.1. The van der Waals surface area contributed by atoms with Gasteiger partial charge in [-0.3, -0.25) is 9.59 Å². The molecule has 1 unspecified atom stereocenters. The maximum atomic E-state index is 12.9. The van der Waals surface area contributed by atoms with Gasteiger partial charge in [0.2, 0.25) is 0 Å². The van der Waals surface area contributed by atoms with Gasteiger partial charge in [0.05, 0.1) is 58.6 Å². The highest BCUT2D eigenvalue weighted by Crippen LogP contribution is 2.22. The van der Waals surface area contributed by atoms with Gasteiger partial charge in [-0.25, -0.2) is 0 Å². The van der Waals surface area contributed by atoms with Crippen LogP contribution in [0, 0.1) is 11.8 Å². The molecule has 0 bridgehead atoms. The standard InChI is InChI=1S/C52H103NO7/c1-7-12-17-21-25-29-33-48(34-30-26-22-18-13-8-2)45-59-51(54)37-41-57-47-50(44-53(6)39-43-56-40-16-11-5)58-42-38-52(55)60-46-49(35-31-27-23-19-14-9-3)36-32-28-24-20-15-10-4/h48-50H,7-47H2,1-6H3. The Morgan fingerprint density at radius 2 is 0.800 bits per heavy atom. The Labute approximate surface area is 373 Å². The van der Waals surface area contributed by atoms with Gasteiger partial charge in [-0.05, 0) is 51.0 Å². The van der Waals surface area contributed by atoms with E-state index in [0.29, 0.717) is 51.4 Å². The maximum absolute atomic E-state index is 12.9. The molecule has 1 atom stereocenters. The van der Waals surface area contributed by atoms with Crippen molar-refractivity contribution in [1.82, 2.24) is 4.90 Å². The van der Waals surface area contributed by atoms with Crippen molar-refractivity contribution in [2.75, 3.05) is 66.4 Å². The molecule has 0 aliphatic rings. The Bertz CT molecular complexity index is 856. The first-order chi connectivity index (χ1) is 29.4. The highest BCUT2D eigenvalue weighted by molar-refractivity contribution is 5.69. The summed E-state index contributed by atoms with van der Waals surface area (Å²) in [5.74, 6) is 0.528. The van der Waals surface area contributed by atoms with Gasteiger partial charge in [0.1, 0.15) is 0 Å². The third-order valence-corrected chi connectivity index (χ3v) is 12.0. The first-order valence-electron chi connectivity index (χ1n) is 26.2.